The first-order valence-corrected chi connectivity index (χ1v) is 13.2. The van der Waals surface area contributed by atoms with Crippen LogP contribution in [0, 0.1) is 0 Å². The van der Waals surface area contributed by atoms with Gasteiger partial charge >= 0.3 is 5.97 Å². The number of aliphatic hydroxyl groups excluding tert-OH is 1. The summed E-state index contributed by atoms with van der Waals surface area (Å²) in [6.07, 6.45) is 0.170. The van der Waals surface area contributed by atoms with Crippen molar-refractivity contribution in [3.8, 4) is 0 Å². The molecule has 7 N–H and O–H groups in total. The summed E-state index contributed by atoms with van der Waals surface area (Å²) >= 11 is 0. The third kappa shape index (κ3) is 11.4. The van der Waals surface area contributed by atoms with E-state index in [0.29, 0.717) is 5.56 Å². The summed E-state index contributed by atoms with van der Waals surface area (Å²) in [6, 6.07) is 13.6. The van der Waals surface area contributed by atoms with Crippen LogP contribution in [0.25, 0.3) is 0 Å². The first kappa shape index (κ1) is 33.4. The molecule has 42 heavy (non-hydrogen) atoms. The van der Waals surface area contributed by atoms with Crippen LogP contribution in [0.3, 0.4) is 0 Å². The summed E-state index contributed by atoms with van der Waals surface area (Å²) in [6.45, 7) is 3.78. The fourth-order valence-corrected chi connectivity index (χ4v) is 3.63. The summed E-state index contributed by atoms with van der Waals surface area (Å²) < 4.78 is 0. The Morgan fingerprint density at radius 2 is 1.26 bits per heavy atom. The van der Waals surface area contributed by atoms with Crippen molar-refractivity contribution in [1.29, 1.82) is 0 Å². The van der Waals surface area contributed by atoms with Gasteiger partial charge in [-0.1, -0.05) is 63.2 Å². The van der Waals surface area contributed by atoms with Crippen LogP contribution < -0.4 is 26.6 Å². The highest BCUT2D eigenvalue weighted by molar-refractivity contribution is 5.98. The molecule has 0 fully saturated rings. The number of carbonyl (C=O) groups excluding carboxylic acids is 5. The van der Waals surface area contributed by atoms with Crippen molar-refractivity contribution in [2.45, 2.75) is 44.7 Å². The van der Waals surface area contributed by atoms with Crippen molar-refractivity contribution in [1.82, 2.24) is 26.6 Å². The molecule has 5 amide bonds. The SMILES string of the molecule is CC(C)(C)c1ccc(C(=O)N[C@@H](Cc2ccccc2)C(=O)NCC(=O)NCC(=O)NCC(=O)N[C@@H](CO)C(=O)O)cc1. The van der Waals surface area contributed by atoms with E-state index >= 15 is 0 Å². The lowest BCUT2D eigenvalue weighted by atomic mass is 9.86. The average molecular weight is 584 g/mol. The van der Waals surface area contributed by atoms with E-state index in [1.807, 2.05) is 35.6 Å². The predicted octanol–water partition coefficient (Wildman–Crippen LogP) is -0.764. The van der Waals surface area contributed by atoms with Gasteiger partial charge in [-0.05, 0) is 28.7 Å². The third-order valence-electron chi connectivity index (χ3n) is 6.05. The number of aliphatic carboxylic acids is 1. The molecule has 0 saturated carbocycles. The molecule has 0 radical (unpaired) electrons. The van der Waals surface area contributed by atoms with Crippen molar-refractivity contribution < 1.29 is 39.0 Å². The lowest BCUT2D eigenvalue weighted by molar-refractivity contribution is -0.142. The minimum Gasteiger partial charge on any atom is -0.480 e. The maximum absolute atomic E-state index is 13.0. The number of rotatable bonds is 14. The van der Waals surface area contributed by atoms with Crippen LogP contribution in [-0.4, -0.2) is 84.0 Å². The van der Waals surface area contributed by atoms with Gasteiger partial charge in [-0.3, -0.25) is 24.0 Å². The van der Waals surface area contributed by atoms with Crippen LogP contribution in [-0.2, 0) is 35.8 Å². The number of benzene rings is 2. The van der Waals surface area contributed by atoms with Crippen LogP contribution in [0.4, 0.5) is 0 Å². The van der Waals surface area contributed by atoms with E-state index in [2.05, 4.69) is 42.0 Å². The Morgan fingerprint density at radius 3 is 1.79 bits per heavy atom. The Morgan fingerprint density at radius 1 is 0.714 bits per heavy atom. The van der Waals surface area contributed by atoms with Crippen LogP contribution in [0.1, 0.15) is 42.3 Å². The van der Waals surface area contributed by atoms with E-state index in [-0.39, 0.29) is 11.8 Å². The molecular formula is C29H37N5O8. The highest BCUT2D eigenvalue weighted by Crippen LogP contribution is 2.22. The Labute approximate surface area is 243 Å². The number of hydrogen-bond donors (Lipinski definition) is 7. The molecule has 13 nitrogen and oxygen atoms in total. The number of aliphatic hydroxyl groups is 1. The van der Waals surface area contributed by atoms with Gasteiger partial charge in [-0.15, -0.1) is 0 Å². The van der Waals surface area contributed by atoms with Gasteiger partial charge in [-0.2, -0.15) is 0 Å². The molecule has 2 aromatic rings. The molecule has 2 atom stereocenters. The highest BCUT2D eigenvalue weighted by atomic mass is 16.4. The van der Waals surface area contributed by atoms with Gasteiger partial charge < -0.3 is 36.8 Å². The zero-order chi connectivity index (χ0) is 31.3. The van der Waals surface area contributed by atoms with Crippen LogP contribution in [0.2, 0.25) is 0 Å². The second kappa shape index (κ2) is 15.9. The number of hydrogen-bond acceptors (Lipinski definition) is 7. The molecule has 2 rings (SSSR count). The van der Waals surface area contributed by atoms with Gasteiger partial charge in [0.1, 0.15) is 12.1 Å². The third-order valence-corrected chi connectivity index (χ3v) is 6.05. The van der Waals surface area contributed by atoms with E-state index in [1.165, 1.54) is 0 Å². The quantitative estimate of drug-likeness (QED) is 0.150. The minimum atomic E-state index is -1.51. The predicted molar refractivity (Wildman–Crippen MR) is 152 cm³/mol. The molecule has 0 aliphatic rings. The number of nitrogens with one attached hydrogen (secondary N) is 5. The van der Waals surface area contributed by atoms with E-state index in [1.54, 1.807) is 24.3 Å². The molecule has 13 heteroatoms. The first-order chi connectivity index (χ1) is 19.8. The molecule has 0 spiro atoms. The molecule has 0 aliphatic carbocycles. The van der Waals surface area contributed by atoms with E-state index in [4.69, 9.17) is 10.2 Å². The molecule has 0 bridgehead atoms. The summed E-state index contributed by atoms with van der Waals surface area (Å²) in [4.78, 5) is 72.6. The lowest BCUT2D eigenvalue weighted by Gasteiger charge is -2.20. The number of amides is 5. The van der Waals surface area contributed by atoms with Gasteiger partial charge in [0.05, 0.1) is 26.2 Å². The maximum atomic E-state index is 13.0. The van der Waals surface area contributed by atoms with Crippen LogP contribution in [0.5, 0.6) is 0 Å². The van der Waals surface area contributed by atoms with Gasteiger partial charge in [-0.25, -0.2) is 4.79 Å². The highest BCUT2D eigenvalue weighted by Gasteiger charge is 2.23. The molecule has 0 saturated heterocycles. The minimum absolute atomic E-state index is 0.0908. The van der Waals surface area contributed by atoms with Crippen LogP contribution in [0.15, 0.2) is 54.6 Å². The Hall–Kier alpha value is -4.78. The zero-order valence-corrected chi connectivity index (χ0v) is 23.7. The first-order valence-electron chi connectivity index (χ1n) is 13.2. The standard InChI is InChI=1S/C29H37N5O8/c1-29(2,3)20-11-9-19(10-12-20)26(39)34-21(13-18-7-5-4-6-8-18)27(40)32-15-24(37)30-14-23(36)31-16-25(38)33-22(17-35)28(41)42/h4-12,21-22,35H,13-17H2,1-3H3,(H,30,37)(H,31,36)(H,32,40)(H,33,38)(H,34,39)(H,41,42)/t21-,22-/m0/s1. The molecule has 2 aromatic carbocycles. The number of carboxylic acid groups (broad SMARTS) is 1. The Balaban J connectivity index is 1.90. The Bertz CT molecular complexity index is 1260. The van der Waals surface area contributed by atoms with Gasteiger partial charge in [0.25, 0.3) is 5.91 Å². The molecule has 0 heterocycles. The van der Waals surface area contributed by atoms with Gasteiger partial charge in [0.15, 0.2) is 0 Å². The Kier molecular flexibility index (Phi) is 12.6. The lowest BCUT2D eigenvalue weighted by Crippen LogP contribution is -2.51. The van der Waals surface area contributed by atoms with Crippen LogP contribution >= 0.6 is 0 Å². The largest absolute Gasteiger partial charge is 0.480 e. The molecule has 226 valence electrons. The maximum Gasteiger partial charge on any atom is 0.328 e. The van der Waals surface area contributed by atoms with Crippen molar-refractivity contribution in [2.75, 3.05) is 26.2 Å². The normalized spacial score (nSPS) is 12.3. The summed E-state index contributed by atoms with van der Waals surface area (Å²) in [5.41, 5.74) is 2.13. The second-order valence-electron chi connectivity index (χ2n) is 10.5. The second-order valence-corrected chi connectivity index (χ2v) is 10.5. The van der Waals surface area contributed by atoms with Crippen molar-refractivity contribution in [3.05, 3.63) is 71.3 Å². The fraction of sp³-hybridized carbons (Fsp3) is 0.379. The average Bonchev–Trinajstić information content (AvgIpc) is 2.96. The fourth-order valence-electron chi connectivity index (χ4n) is 3.63. The summed E-state index contributed by atoms with van der Waals surface area (Å²) in [5.74, 6) is -4.78. The molecule has 0 aliphatic heterocycles. The summed E-state index contributed by atoms with van der Waals surface area (Å²) in [5, 5.41) is 29.4. The van der Waals surface area contributed by atoms with E-state index in [9.17, 15) is 28.8 Å². The van der Waals surface area contributed by atoms with Gasteiger partial charge in [0, 0.05) is 12.0 Å². The smallest absolute Gasteiger partial charge is 0.328 e. The number of carbonyl (C=O) groups is 6. The van der Waals surface area contributed by atoms with Crippen molar-refractivity contribution in [2.24, 2.45) is 0 Å². The van der Waals surface area contributed by atoms with E-state index < -0.39 is 73.8 Å². The number of carboxylic acids is 1. The van der Waals surface area contributed by atoms with E-state index in [0.717, 1.165) is 11.1 Å². The van der Waals surface area contributed by atoms with Crippen molar-refractivity contribution >= 4 is 35.5 Å². The summed E-state index contributed by atoms with van der Waals surface area (Å²) in [7, 11) is 0. The zero-order valence-electron chi connectivity index (χ0n) is 23.7. The molecular weight excluding hydrogens is 546 g/mol. The van der Waals surface area contributed by atoms with Crippen molar-refractivity contribution in [3.63, 3.8) is 0 Å². The molecule has 0 aromatic heterocycles. The van der Waals surface area contributed by atoms with Gasteiger partial charge in [0.2, 0.25) is 23.6 Å². The molecule has 0 unspecified atom stereocenters. The monoisotopic (exact) mass is 583 g/mol. The topological polar surface area (TPSA) is 203 Å².